The van der Waals surface area contributed by atoms with Gasteiger partial charge in [-0.3, -0.25) is 0 Å². The maximum absolute atomic E-state index is 5.22. The quantitative estimate of drug-likeness (QED) is 0.772. The molecule has 2 rings (SSSR count). The first kappa shape index (κ1) is 9.64. The van der Waals surface area contributed by atoms with Crippen LogP contribution in [0, 0.1) is 0 Å². The van der Waals surface area contributed by atoms with Crippen LogP contribution >= 0.6 is 0 Å². The highest BCUT2D eigenvalue weighted by atomic mass is 16.5. The van der Waals surface area contributed by atoms with Crippen molar-refractivity contribution in [1.82, 2.24) is 4.98 Å². The van der Waals surface area contributed by atoms with Gasteiger partial charge in [0.05, 0.1) is 21.3 Å². The monoisotopic (exact) mass is 209 g/mol. The van der Waals surface area contributed by atoms with Crippen molar-refractivity contribution in [2.45, 2.75) is 0 Å². The molecule has 0 aliphatic heterocycles. The number of rotatable bonds is 3. The summed E-state index contributed by atoms with van der Waals surface area (Å²) in [5, 5.41) is 0. The second kappa shape index (κ2) is 3.68. The van der Waals surface area contributed by atoms with Crippen LogP contribution in [0.25, 0.3) is 11.1 Å². The molecule has 0 saturated carbocycles. The minimum Gasteiger partial charge on any atom is -0.493 e. The molecule has 15 heavy (non-hydrogen) atoms. The largest absolute Gasteiger partial charge is 0.493 e. The third-order valence-electron chi connectivity index (χ3n) is 2.13. The van der Waals surface area contributed by atoms with Gasteiger partial charge in [-0.2, -0.15) is 0 Å². The highest BCUT2D eigenvalue weighted by Crippen LogP contribution is 2.42. The highest BCUT2D eigenvalue weighted by molar-refractivity contribution is 5.85. The molecule has 0 spiro atoms. The highest BCUT2D eigenvalue weighted by Gasteiger charge is 2.18. The summed E-state index contributed by atoms with van der Waals surface area (Å²) in [4.78, 5) is 4.05. The Morgan fingerprint density at radius 3 is 2.40 bits per heavy atom. The average Bonchev–Trinajstić information content (AvgIpc) is 2.73. The summed E-state index contributed by atoms with van der Waals surface area (Å²) < 4.78 is 20.8. The van der Waals surface area contributed by atoms with E-state index in [1.54, 1.807) is 27.4 Å². The summed E-state index contributed by atoms with van der Waals surface area (Å²) in [6.45, 7) is 0. The van der Waals surface area contributed by atoms with Gasteiger partial charge in [0, 0.05) is 6.07 Å². The van der Waals surface area contributed by atoms with Gasteiger partial charge in [-0.15, -0.1) is 0 Å². The molecule has 0 bridgehead atoms. The van der Waals surface area contributed by atoms with Gasteiger partial charge < -0.3 is 18.6 Å². The standard InChI is InChI=1S/C10H11NO4/c1-12-7-4-6-8(11-5-15-6)10(14-3)9(7)13-2/h4-5H,1-3H3. The van der Waals surface area contributed by atoms with E-state index in [1.807, 2.05) is 0 Å². The van der Waals surface area contributed by atoms with Crippen molar-refractivity contribution in [1.29, 1.82) is 0 Å². The van der Waals surface area contributed by atoms with Crippen molar-refractivity contribution in [3.05, 3.63) is 12.5 Å². The van der Waals surface area contributed by atoms with Gasteiger partial charge in [-0.05, 0) is 0 Å². The van der Waals surface area contributed by atoms with E-state index in [-0.39, 0.29) is 0 Å². The average molecular weight is 209 g/mol. The third-order valence-corrected chi connectivity index (χ3v) is 2.13. The predicted octanol–water partition coefficient (Wildman–Crippen LogP) is 1.85. The van der Waals surface area contributed by atoms with Crippen molar-refractivity contribution in [2.75, 3.05) is 21.3 Å². The number of hydrogen-bond acceptors (Lipinski definition) is 5. The summed E-state index contributed by atoms with van der Waals surface area (Å²) in [5.74, 6) is 1.58. The van der Waals surface area contributed by atoms with E-state index in [1.165, 1.54) is 6.39 Å². The number of oxazole rings is 1. The first-order chi connectivity index (χ1) is 7.31. The van der Waals surface area contributed by atoms with E-state index in [4.69, 9.17) is 18.6 Å². The number of nitrogens with zero attached hydrogens (tertiary/aromatic N) is 1. The second-order valence-corrected chi connectivity index (χ2v) is 2.84. The molecule has 80 valence electrons. The summed E-state index contributed by atoms with van der Waals surface area (Å²) in [6, 6.07) is 1.71. The zero-order valence-electron chi connectivity index (χ0n) is 8.73. The van der Waals surface area contributed by atoms with Crippen LogP contribution in [0.1, 0.15) is 0 Å². The summed E-state index contributed by atoms with van der Waals surface area (Å²) in [6.07, 6.45) is 1.35. The normalized spacial score (nSPS) is 10.3. The second-order valence-electron chi connectivity index (χ2n) is 2.84. The molecular weight excluding hydrogens is 198 g/mol. The van der Waals surface area contributed by atoms with Crippen molar-refractivity contribution in [3.8, 4) is 17.2 Å². The molecule has 0 aliphatic carbocycles. The van der Waals surface area contributed by atoms with E-state index in [9.17, 15) is 0 Å². The molecule has 1 heterocycles. The Hall–Kier alpha value is -1.91. The number of ether oxygens (including phenoxy) is 3. The lowest BCUT2D eigenvalue weighted by Gasteiger charge is -2.11. The minimum atomic E-state index is 0.514. The van der Waals surface area contributed by atoms with E-state index in [0.29, 0.717) is 28.3 Å². The van der Waals surface area contributed by atoms with Crippen molar-refractivity contribution in [2.24, 2.45) is 0 Å². The Kier molecular flexibility index (Phi) is 2.37. The van der Waals surface area contributed by atoms with Crippen LogP contribution in [0.5, 0.6) is 17.2 Å². The summed E-state index contributed by atoms with van der Waals surface area (Å²) in [5.41, 5.74) is 1.22. The minimum absolute atomic E-state index is 0.514. The molecule has 0 N–H and O–H groups in total. The van der Waals surface area contributed by atoms with Crippen LogP contribution in [-0.2, 0) is 0 Å². The van der Waals surface area contributed by atoms with Gasteiger partial charge in [0.1, 0.15) is 0 Å². The number of hydrogen-bond donors (Lipinski definition) is 0. The molecule has 5 heteroatoms. The van der Waals surface area contributed by atoms with Gasteiger partial charge in [-0.25, -0.2) is 4.98 Å². The Morgan fingerprint density at radius 1 is 1.07 bits per heavy atom. The van der Waals surface area contributed by atoms with Gasteiger partial charge in [0.2, 0.25) is 5.75 Å². The van der Waals surface area contributed by atoms with Crippen LogP contribution in [-0.4, -0.2) is 26.3 Å². The molecule has 0 radical (unpaired) electrons. The Bertz CT molecular complexity index is 477. The zero-order chi connectivity index (χ0) is 10.8. The van der Waals surface area contributed by atoms with E-state index in [0.717, 1.165) is 0 Å². The van der Waals surface area contributed by atoms with Crippen molar-refractivity contribution >= 4 is 11.1 Å². The molecule has 5 nitrogen and oxygen atoms in total. The van der Waals surface area contributed by atoms with Gasteiger partial charge in [-0.1, -0.05) is 0 Å². The van der Waals surface area contributed by atoms with Crippen LogP contribution in [0.4, 0.5) is 0 Å². The topological polar surface area (TPSA) is 53.7 Å². The van der Waals surface area contributed by atoms with Crippen LogP contribution in [0.3, 0.4) is 0 Å². The first-order valence-corrected chi connectivity index (χ1v) is 4.34. The SMILES string of the molecule is COc1cc2ocnc2c(OC)c1OC. The molecule has 0 aliphatic rings. The first-order valence-electron chi connectivity index (χ1n) is 4.34. The zero-order valence-corrected chi connectivity index (χ0v) is 8.73. The smallest absolute Gasteiger partial charge is 0.205 e. The maximum Gasteiger partial charge on any atom is 0.205 e. The van der Waals surface area contributed by atoms with E-state index >= 15 is 0 Å². The maximum atomic E-state index is 5.22. The summed E-state index contributed by atoms with van der Waals surface area (Å²) in [7, 11) is 4.65. The molecule has 0 unspecified atom stereocenters. The number of aromatic nitrogens is 1. The lowest BCUT2D eigenvalue weighted by Crippen LogP contribution is -1.95. The Labute approximate surface area is 86.6 Å². The molecule has 0 atom stereocenters. The lowest BCUT2D eigenvalue weighted by molar-refractivity contribution is 0.326. The molecule has 1 aromatic carbocycles. The van der Waals surface area contributed by atoms with Crippen molar-refractivity contribution < 1.29 is 18.6 Å². The fourth-order valence-electron chi connectivity index (χ4n) is 1.47. The molecule has 0 saturated heterocycles. The molecule has 1 aromatic heterocycles. The summed E-state index contributed by atoms with van der Waals surface area (Å²) >= 11 is 0. The van der Waals surface area contributed by atoms with Crippen LogP contribution in [0.15, 0.2) is 16.9 Å². The van der Waals surface area contributed by atoms with Crippen LogP contribution < -0.4 is 14.2 Å². The van der Waals surface area contributed by atoms with E-state index < -0.39 is 0 Å². The fraction of sp³-hybridized carbons (Fsp3) is 0.300. The third kappa shape index (κ3) is 1.36. The number of fused-ring (bicyclic) bond motifs is 1. The van der Waals surface area contributed by atoms with Crippen LogP contribution in [0.2, 0.25) is 0 Å². The number of methoxy groups -OCH3 is 3. The van der Waals surface area contributed by atoms with Gasteiger partial charge in [0.25, 0.3) is 0 Å². The van der Waals surface area contributed by atoms with Gasteiger partial charge >= 0.3 is 0 Å². The van der Waals surface area contributed by atoms with Crippen molar-refractivity contribution in [3.63, 3.8) is 0 Å². The molecule has 0 fully saturated rings. The Balaban J connectivity index is 2.78. The van der Waals surface area contributed by atoms with E-state index in [2.05, 4.69) is 4.98 Å². The number of benzene rings is 1. The molecule has 0 amide bonds. The van der Waals surface area contributed by atoms with Gasteiger partial charge in [0.15, 0.2) is 29.0 Å². The Morgan fingerprint density at radius 2 is 1.80 bits per heavy atom. The predicted molar refractivity (Wildman–Crippen MR) is 53.7 cm³/mol. The molecule has 2 aromatic rings. The lowest BCUT2D eigenvalue weighted by atomic mass is 10.2. The fourth-order valence-corrected chi connectivity index (χ4v) is 1.47. The molecular formula is C10H11NO4.